The Balaban J connectivity index is 2.29. The van der Waals surface area contributed by atoms with Crippen LogP contribution in [0.2, 0.25) is 5.02 Å². The third kappa shape index (κ3) is 1.82. The summed E-state index contributed by atoms with van der Waals surface area (Å²) in [7, 11) is 0. The van der Waals surface area contributed by atoms with Gasteiger partial charge < -0.3 is 4.40 Å². The fourth-order valence-electron chi connectivity index (χ4n) is 3.19. The van der Waals surface area contributed by atoms with Gasteiger partial charge in [-0.2, -0.15) is 0 Å². The number of fused-ring (bicyclic) bond motifs is 6. The molecule has 0 bridgehead atoms. The van der Waals surface area contributed by atoms with E-state index < -0.39 is 0 Å². The van der Waals surface area contributed by atoms with Gasteiger partial charge in [0.1, 0.15) is 16.7 Å². The third-order valence-corrected chi connectivity index (χ3v) is 4.52. The molecule has 0 aliphatic heterocycles. The standard InChI is InChI=1S/C18H17ClN3/c1-3-12-10-18-15-6-5-9-21(15)17-11-13(19)7-8-16(17)22(18)20-14(12)4-2/h5-11H,3-4H2,1-2H3/q+1. The fraction of sp³-hybridized carbons (Fsp3) is 0.222. The summed E-state index contributed by atoms with van der Waals surface area (Å²) in [5.74, 6) is 0. The van der Waals surface area contributed by atoms with Crippen LogP contribution in [-0.2, 0) is 12.8 Å². The Kier molecular flexibility index (Phi) is 3.05. The van der Waals surface area contributed by atoms with Gasteiger partial charge in [0.15, 0.2) is 0 Å². The number of hydrogen-bond donors (Lipinski definition) is 0. The zero-order valence-corrected chi connectivity index (χ0v) is 13.4. The highest BCUT2D eigenvalue weighted by Gasteiger charge is 2.20. The van der Waals surface area contributed by atoms with E-state index in [-0.39, 0.29) is 0 Å². The number of halogens is 1. The summed E-state index contributed by atoms with van der Waals surface area (Å²) in [5.41, 5.74) is 6.91. The maximum absolute atomic E-state index is 6.20. The second-order valence-corrected chi connectivity index (χ2v) is 5.95. The average Bonchev–Trinajstić information content (AvgIpc) is 3.03. The first-order valence-electron chi connectivity index (χ1n) is 7.66. The average molecular weight is 311 g/mol. The highest BCUT2D eigenvalue weighted by atomic mass is 35.5. The van der Waals surface area contributed by atoms with E-state index >= 15 is 0 Å². The van der Waals surface area contributed by atoms with Gasteiger partial charge >= 0.3 is 0 Å². The van der Waals surface area contributed by atoms with Crippen LogP contribution in [-0.4, -0.2) is 9.50 Å². The molecule has 3 nitrogen and oxygen atoms in total. The molecular weight excluding hydrogens is 294 g/mol. The molecule has 3 aromatic heterocycles. The molecular formula is C18H17ClN3+. The molecule has 0 N–H and O–H groups in total. The van der Waals surface area contributed by atoms with E-state index in [0.29, 0.717) is 0 Å². The molecule has 0 saturated heterocycles. The van der Waals surface area contributed by atoms with E-state index in [1.54, 1.807) is 0 Å². The van der Waals surface area contributed by atoms with Gasteiger partial charge in [0.2, 0.25) is 0 Å². The van der Waals surface area contributed by atoms with Crippen LogP contribution in [0.5, 0.6) is 0 Å². The number of nitrogens with zero attached hydrogens (tertiary/aromatic N) is 3. The van der Waals surface area contributed by atoms with E-state index in [2.05, 4.69) is 47.2 Å². The minimum atomic E-state index is 0.739. The Labute approximate surface area is 133 Å². The van der Waals surface area contributed by atoms with Crippen molar-refractivity contribution in [1.29, 1.82) is 0 Å². The summed E-state index contributed by atoms with van der Waals surface area (Å²) in [6.45, 7) is 4.34. The van der Waals surface area contributed by atoms with Crippen molar-refractivity contribution < 1.29 is 4.52 Å². The molecule has 4 heteroatoms. The number of rotatable bonds is 2. The number of aromatic nitrogens is 3. The molecule has 22 heavy (non-hydrogen) atoms. The molecule has 0 unspecified atom stereocenters. The maximum atomic E-state index is 6.20. The minimum absolute atomic E-state index is 0.739. The van der Waals surface area contributed by atoms with Crippen LogP contribution in [0, 0.1) is 0 Å². The third-order valence-electron chi connectivity index (χ3n) is 4.28. The van der Waals surface area contributed by atoms with Gasteiger partial charge in [-0.3, -0.25) is 0 Å². The monoisotopic (exact) mass is 310 g/mol. The lowest BCUT2D eigenvalue weighted by Crippen LogP contribution is -2.31. The Morgan fingerprint density at radius 2 is 1.91 bits per heavy atom. The highest BCUT2D eigenvalue weighted by molar-refractivity contribution is 6.31. The van der Waals surface area contributed by atoms with E-state index in [9.17, 15) is 0 Å². The molecule has 110 valence electrons. The summed E-state index contributed by atoms with van der Waals surface area (Å²) in [6, 6.07) is 12.4. The van der Waals surface area contributed by atoms with Crippen molar-refractivity contribution in [3.8, 4) is 0 Å². The normalized spacial score (nSPS) is 11.8. The van der Waals surface area contributed by atoms with Gasteiger partial charge in [0, 0.05) is 28.5 Å². The van der Waals surface area contributed by atoms with Gasteiger partial charge in [-0.25, -0.2) is 0 Å². The minimum Gasteiger partial charge on any atom is -0.305 e. The van der Waals surface area contributed by atoms with Crippen LogP contribution in [0.15, 0.2) is 42.6 Å². The lowest BCUT2D eigenvalue weighted by atomic mass is 10.1. The molecule has 0 radical (unpaired) electrons. The predicted molar refractivity (Wildman–Crippen MR) is 89.6 cm³/mol. The predicted octanol–water partition coefficient (Wildman–Crippen LogP) is 4.00. The van der Waals surface area contributed by atoms with Crippen LogP contribution >= 0.6 is 11.6 Å². The summed E-state index contributed by atoms with van der Waals surface area (Å²) >= 11 is 6.20. The largest absolute Gasteiger partial charge is 0.305 e. The number of hydrogen-bond acceptors (Lipinski definition) is 1. The van der Waals surface area contributed by atoms with E-state index in [1.807, 2.05) is 18.2 Å². The Morgan fingerprint density at radius 1 is 1.05 bits per heavy atom. The Hall–Kier alpha value is -2.13. The highest BCUT2D eigenvalue weighted by Crippen LogP contribution is 2.22. The smallest absolute Gasteiger partial charge is 0.263 e. The first-order chi connectivity index (χ1) is 10.7. The van der Waals surface area contributed by atoms with E-state index in [0.717, 1.165) is 45.6 Å². The van der Waals surface area contributed by atoms with Gasteiger partial charge in [-0.05, 0) is 47.2 Å². The lowest BCUT2D eigenvalue weighted by molar-refractivity contribution is -0.553. The summed E-state index contributed by atoms with van der Waals surface area (Å²) in [5, 5.41) is 5.65. The SMILES string of the molecule is CCc1cc2c3cccn3c3cc(Cl)ccc3[n+]2nc1CC. The van der Waals surface area contributed by atoms with Crippen LogP contribution in [0.1, 0.15) is 25.1 Å². The van der Waals surface area contributed by atoms with Gasteiger partial charge in [0.05, 0.1) is 0 Å². The molecule has 4 aromatic rings. The maximum Gasteiger partial charge on any atom is 0.263 e. The molecule has 4 rings (SSSR count). The molecule has 0 aliphatic carbocycles. The summed E-state index contributed by atoms with van der Waals surface area (Å²) < 4.78 is 4.24. The summed E-state index contributed by atoms with van der Waals surface area (Å²) in [6.07, 6.45) is 4.01. The van der Waals surface area contributed by atoms with Crippen molar-refractivity contribution in [2.24, 2.45) is 0 Å². The van der Waals surface area contributed by atoms with E-state index in [1.165, 1.54) is 5.56 Å². The molecule has 0 atom stereocenters. The van der Waals surface area contributed by atoms with Crippen molar-refractivity contribution in [2.45, 2.75) is 26.7 Å². The quantitative estimate of drug-likeness (QED) is 0.405. The van der Waals surface area contributed by atoms with Crippen molar-refractivity contribution in [3.05, 3.63) is 58.9 Å². The first kappa shape index (κ1) is 13.5. The number of benzene rings is 1. The second-order valence-electron chi connectivity index (χ2n) is 5.52. The zero-order valence-electron chi connectivity index (χ0n) is 12.7. The lowest BCUT2D eigenvalue weighted by Gasteiger charge is -2.06. The molecule has 0 amide bonds. The van der Waals surface area contributed by atoms with Gasteiger partial charge in [0.25, 0.3) is 11.0 Å². The topological polar surface area (TPSA) is 21.4 Å². The second kappa shape index (κ2) is 4.96. The van der Waals surface area contributed by atoms with Crippen LogP contribution in [0.3, 0.4) is 0 Å². The fourth-order valence-corrected chi connectivity index (χ4v) is 3.35. The van der Waals surface area contributed by atoms with Gasteiger partial charge in [-0.1, -0.05) is 25.4 Å². The van der Waals surface area contributed by atoms with Crippen LogP contribution < -0.4 is 4.52 Å². The summed E-state index contributed by atoms with van der Waals surface area (Å²) in [4.78, 5) is 0. The number of aryl methyl sites for hydroxylation is 2. The van der Waals surface area contributed by atoms with Crippen LogP contribution in [0.25, 0.3) is 22.1 Å². The van der Waals surface area contributed by atoms with Crippen molar-refractivity contribution >= 4 is 33.7 Å². The van der Waals surface area contributed by atoms with Crippen molar-refractivity contribution in [2.75, 3.05) is 0 Å². The van der Waals surface area contributed by atoms with Crippen molar-refractivity contribution in [3.63, 3.8) is 0 Å². The van der Waals surface area contributed by atoms with Gasteiger partial charge in [-0.15, -0.1) is 0 Å². The molecule has 0 saturated carbocycles. The molecule has 0 fully saturated rings. The molecule has 0 spiro atoms. The Morgan fingerprint density at radius 3 is 2.68 bits per heavy atom. The Bertz CT molecular complexity index is 1020. The van der Waals surface area contributed by atoms with Crippen LogP contribution in [0.4, 0.5) is 0 Å². The first-order valence-corrected chi connectivity index (χ1v) is 8.04. The van der Waals surface area contributed by atoms with E-state index in [4.69, 9.17) is 16.7 Å². The molecule has 3 heterocycles. The zero-order chi connectivity index (χ0) is 15.3. The molecule has 0 aliphatic rings. The van der Waals surface area contributed by atoms with Crippen molar-refractivity contribution in [1.82, 2.24) is 9.50 Å². The molecule has 1 aromatic carbocycles.